The van der Waals surface area contributed by atoms with E-state index in [1.54, 1.807) is 13.2 Å². The van der Waals surface area contributed by atoms with Gasteiger partial charge in [0.15, 0.2) is 6.10 Å². The number of benzene rings is 1. The standard InChI is InChI=1S/C14H21N3O4/c1-8(16-3)11-6-5-10(20-4)7-12(11)21-9(2)13(18)17-14(15)19/h5-9,16H,1-4H3,(H3,15,17,18,19). The number of carbonyl (C=O) groups excluding carboxylic acids is 2. The van der Waals surface area contributed by atoms with Crippen molar-refractivity contribution in [1.29, 1.82) is 0 Å². The highest BCUT2D eigenvalue weighted by Crippen LogP contribution is 2.30. The normalized spacial score (nSPS) is 13.1. The molecule has 0 saturated carbocycles. The number of urea groups is 1. The van der Waals surface area contributed by atoms with Crippen molar-refractivity contribution in [3.63, 3.8) is 0 Å². The van der Waals surface area contributed by atoms with Crippen LogP contribution in [-0.2, 0) is 4.79 Å². The molecule has 0 heterocycles. The lowest BCUT2D eigenvalue weighted by molar-refractivity contribution is -0.126. The molecule has 3 amide bonds. The van der Waals surface area contributed by atoms with Crippen molar-refractivity contribution in [3.8, 4) is 11.5 Å². The highest BCUT2D eigenvalue weighted by atomic mass is 16.5. The van der Waals surface area contributed by atoms with Crippen LogP contribution in [0, 0.1) is 0 Å². The molecule has 116 valence electrons. The fourth-order valence-electron chi connectivity index (χ4n) is 1.72. The smallest absolute Gasteiger partial charge is 0.318 e. The molecule has 1 aromatic rings. The van der Waals surface area contributed by atoms with E-state index in [4.69, 9.17) is 15.2 Å². The summed E-state index contributed by atoms with van der Waals surface area (Å²) in [4.78, 5) is 22.4. The molecular formula is C14H21N3O4. The third-order valence-electron chi connectivity index (χ3n) is 3.04. The van der Waals surface area contributed by atoms with Gasteiger partial charge >= 0.3 is 6.03 Å². The molecule has 0 bridgehead atoms. The predicted molar refractivity (Wildman–Crippen MR) is 78.3 cm³/mol. The van der Waals surface area contributed by atoms with Crippen molar-refractivity contribution in [2.45, 2.75) is 26.0 Å². The van der Waals surface area contributed by atoms with Crippen molar-refractivity contribution in [2.75, 3.05) is 14.2 Å². The highest BCUT2D eigenvalue weighted by Gasteiger charge is 2.19. The molecule has 0 radical (unpaired) electrons. The van der Waals surface area contributed by atoms with Crippen LogP contribution in [-0.4, -0.2) is 32.2 Å². The number of carbonyl (C=O) groups is 2. The average Bonchev–Trinajstić information content (AvgIpc) is 2.45. The zero-order valence-electron chi connectivity index (χ0n) is 12.6. The zero-order chi connectivity index (χ0) is 16.0. The molecule has 4 N–H and O–H groups in total. The van der Waals surface area contributed by atoms with Gasteiger partial charge in [0.05, 0.1) is 7.11 Å². The molecular weight excluding hydrogens is 274 g/mol. The van der Waals surface area contributed by atoms with Gasteiger partial charge in [0, 0.05) is 17.7 Å². The summed E-state index contributed by atoms with van der Waals surface area (Å²) in [6, 6.07) is 4.47. The molecule has 21 heavy (non-hydrogen) atoms. The topological polar surface area (TPSA) is 103 Å². The van der Waals surface area contributed by atoms with E-state index in [9.17, 15) is 9.59 Å². The third kappa shape index (κ3) is 4.64. The van der Waals surface area contributed by atoms with E-state index < -0.39 is 18.0 Å². The molecule has 1 aromatic carbocycles. The Kier molecular flexibility index (Phi) is 5.98. The average molecular weight is 295 g/mol. The quantitative estimate of drug-likeness (QED) is 0.724. The Morgan fingerprint density at radius 1 is 1.29 bits per heavy atom. The lowest BCUT2D eigenvalue weighted by Crippen LogP contribution is -2.42. The van der Waals surface area contributed by atoms with E-state index >= 15 is 0 Å². The summed E-state index contributed by atoms with van der Waals surface area (Å²) < 4.78 is 10.8. The van der Waals surface area contributed by atoms with Gasteiger partial charge in [-0.05, 0) is 27.0 Å². The van der Waals surface area contributed by atoms with Crippen LogP contribution in [0.5, 0.6) is 11.5 Å². The number of primary amides is 1. The van der Waals surface area contributed by atoms with E-state index in [1.807, 2.05) is 31.4 Å². The second-order valence-electron chi connectivity index (χ2n) is 4.53. The zero-order valence-corrected chi connectivity index (χ0v) is 12.6. The van der Waals surface area contributed by atoms with Crippen molar-refractivity contribution in [2.24, 2.45) is 5.73 Å². The second kappa shape index (κ2) is 7.49. The fraction of sp³-hybridized carbons (Fsp3) is 0.429. The maximum atomic E-state index is 11.7. The maximum Gasteiger partial charge on any atom is 0.318 e. The van der Waals surface area contributed by atoms with Crippen LogP contribution in [0.1, 0.15) is 25.5 Å². The van der Waals surface area contributed by atoms with Crippen LogP contribution >= 0.6 is 0 Å². The van der Waals surface area contributed by atoms with E-state index in [1.165, 1.54) is 6.92 Å². The first kappa shape index (κ1) is 16.8. The number of hydrogen-bond acceptors (Lipinski definition) is 5. The van der Waals surface area contributed by atoms with Crippen LogP contribution in [0.25, 0.3) is 0 Å². The van der Waals surface area contributed by atoms with E-state index in [0.717, 1.165) is 5.56 Å². The second-order valence-corrected chi connectivity index (χ2v) is 4.53. The van der Waals surface area contributed by atoms with Crippen molar-refractivity contribution in [3.05, 3.63) is 23.8 Å². The number of imide groups is 1. The molecule has 2 unspecified atom stereocenters. The van der Waals surface area contributed by atoms with E-state index in [-0.39, 0.29) is 6.04 Å². The molecule has 0 fully saturated rings. The molecule has 0 aliphatic heterocycles. The molecule has 0 aliphatic carbocycles. The van der Waals surface area contributed by atoms with Gasteiger partial charge in [-0.1, -0.05) is 6.07 Å². The summed E-state index contributed by atoms with van der Waals surface area (Å²) in [5.74, 6) is 0.510. The summed E-state index contributed by atoms with van der Waals surface area (Å²) in [5.41, 5.74) is 5.79. The maximum absolute atomic E-state index is 11.7. The van der Waals surface area contributed by atoms with Gasteiger partial charge in [0.2, 0.25) is 0 Å². The summed E-state index contributed by atoms with van der Waals surface area (Å²) in [7, 11) is 3.37. The fourth-order valence-corrected chi connectivity index (χ4v) is 1.72. The number of ether oxygens (including phenoxy) is 2. The lowest BCUT2D eigenvalue weighted by atomic mass is 10.1. The van der Waals surface area contributed by atoms with Crippen LogP contribution in [0.4, 0.5) is 4.79 Å². The van der Waals surface area contributed by atoms with Crippen LogP contribution in [0.15, 0.2) is 18.2 Å². The third-order valence-corrected chi connectivity index (χ3v) is 3.04. The van der Waals surface area contributed by atoms with E-state index in [2.05, 4.69) is 5.32 Å². The summed E-state index contributed by atoms with van der Waals surface area (Å²) in [5, 5.41) is 5.08. The molecule has 2 atom stereocenters. The monoisotopic (exact) mass is 295 g/mol. The predicted octanol–water partition coefficient (Wildman–Crippen LogP) is 0.938. The van der Waals surface area contributed by atoms with Gasteiger partial charge in [0.1, 0.15) is 11.5 Å². The minimum Gasteiger partial charge on any atom is -0.497 e. The number of nitrogens with one attached hydrogen (secondary N) is 2. The lowest BCUT2D eigenvalue weighted by Gasteiger charge is -2.20. The van der Waals surface area contributed by atoms with Crippen molar-refractivity contribution in [1.82, 2.24) is 10.6 Å². The molecule has 7 nitrogen and oxygen atoms in total. The van der Waals surface area contributed by atoms with Gasteiger partial charge in [-0.15, -0.1) is 0 Å². The SMILES string of the molecule is CNC(C)c1ccc(OC)cc1OC(C)C(=O)NC(N)=O. The largest absolute Gasteiger partial charge is 0.497 e. The van der Waals surface area contributed by atoms with Crippen LogP contribution in [0.2, 0.25) is 0 Å². The minimum absolute atomic E-state index is 0.0253. The van der Waals surface area contributed by atoms with Crippen LogP contribution < -0.4 is 25.8 Å². The number of nitrogens with two attached hydrogens (primary N) is 1. The van der Waals surface area contributed by atoms with Gasteiger partial charge in [0.25, 0.3) is 5.91 Å². The minimum atomic E-state index is -0.912. The molecule has 0 saturated heterocycles. The molecule has 0 aromatic heterocycles. The number of hydrogen-bond donors (Lipinski definition) is 3. The Balaban J connectivity index is 2.98. The van der Waals surface area contributed by atoms with Gasteiger partial charge in [-0.2, -0.15) is 0 Å². The Morgan fingerprint density at radius 2 is 1.95 bits per heavy atom. The summed E-state index contributed by atoms with van der Waals surface area (Å²) in [6.45, 7) is 3.49. The summed E-state index contributed by atoms with van der Waals surface area (Å²) >= 11 is 0. The Hall–Kier alpha value is -2.28. The van der Waals surface area contributed by atoms with Crippen molar-refractivity contribution >= 4 is 11.9 Å². The first-order valence-corrected chi connectivity index (χ1v) is 6.51. The Labute approximate surface area is 123 Å². The molecule has 7 heteroatoms. The first-order chi connectivity index (χ1) is 9.88. The first-order valence-electron chi connectivity index (χ1n) is 6.51. The molecule has 0 aliphatic rings. The van der Waals surface area contributed by atoms with Gasteiger partial charge in [-0.25, -0.2) is 4.79 Å². The van der Waals surface area contributed by atoms with Gasteiger partial charge in [-0.3, -0.25) is 10.1 Å². The number of rotatable bonds is 6. The van der Waals surface area contributed by atoms with Crippen molar-refractivity contribution < 1.29 is 19.1 Å². The number of amides is 3. The highest BCUT2D eigenvalue weighted by molar-refractivity contribution is 5.95. The van der Waals surface area contributed by atoms with Gasteiger partial charge < -0.3 is 20.5 Å². The molecule has 0 spiro atoms. The van der Waals surface area contributed by atoms with Crippen LogP contribution in [0.3, 0.4) is 0 Å². The van der Waals surface area contributed by atoms with E-state index in [0.29, 0.717) is 11.5 Å². The Bertz CT molecular complexity index is 519. The molecule has 1 rings (SSSR count). The summed E-state index contributed by atoms with van der Waals surface area (Å²) in [6.07, 6.45) is -0.868. The number of methoxy groups -OCH3 is 1. The Morgan fingerprint density at radius 3 is 2.48 bits per heavy atom.